The molecule has 21 heavy (non-hydrogen) atoms. The van der Waals surface area contributed by atoms with Crippen molar-refractivity contribution in [3.05, 3.63) is 29.3 Å². The van der Waals surface area contributed by atoms with Crippen LogP contribution in [-0.4, -0.2) is 43.9 Å². The van der Waals surface area contributed by atoms with Gasteiger partial charge in [0.25, 0.3) is 0 Å². The Hall–Kier alpha value is -1.10. The van der Waals surface area contributed by atoms with Gasteiger partial charge >= 0.3 is 0 Å². The molecule has 1 fully saturated rings. The van der Waals surface area contributed by atoms with Crippen LogP contribution in [0.15, 0.2) is 18.2 Å². The van der Waals surface area contributed by atoms with E-state index in [9.17, 15) is 5.11 Å². The minimum Gasteiger partial charge on any atom is -0.496 e. The molecule has 0 aromatic heterocycles. The fourth-order valence-electron chi connectivity index (χ4n) is 3.09. The molecule has 1 aromatic rings. The molecule has 1 heterocycles. The van der Waals surface area contributed by atoms with E-state index in [-0.39, 0.29) is 0 Å². The maximum atomic E-state index is 9.76. The average Bonchev–Trinajstić information content (AvgIpc) is 2.48. The van der Waals surface area contributed by atoms with Gasteiger partial charge in [-0.1, -0.05) is 6.07 Å². The van der Waals surface area contributed by atoms with Crippen LogP contribution in [0.5, 0.6) is 5.75 Å². The van der Waals surface area contributed by atoms with Gasteiger partial charge in [-0.25, -0.2) is 0 Å². The number of methoxy groups -OCH3 is 2. The molecule has 2 atom stereocenters. The van der Waals surface area contributed by atoms with E-state index >= 15 is 0 Å². The van der Waals surface area contributed by atoms with Crippen LogP contribution >= 0.6 is 0 Å². The van der Waals surface area contributed by atoms with Gasteiger partial charge in [0.05, 0.1) is 19.8 Å². The first-order valence-electron chi connectivity index (χ1n) is 7.70. The molecule has 0 spiro atoms. The predicted octanol–water partition coefficient (Wildman–Crippen LogP) is 2.61. The maximum absolute atomic E-state index is 9.76. The van der Waals surface area contributed by atoms with Gasteiger partial charge in [-0.05, 0) is 49.9 Å². The van der Waals surface area contributed by atoms with Crippen molar-refractivity contribution in [3.8, 4) is 5.75 Å². The summed E-state index contributed by atoms with van der Waals surface area (Å²) in [6.45, 7) is 5.67. The number of piperidine rings is 1. The Labute approximate surface area is 127 Å². The lowest BCUT2D eigenvalue weighted by Gasteiger charge is -2.32. The normalized spacial score (nSPS) is 21.2. The summed E-state index contributed by atoms with van der Waals surface area (Å²) in [6.07, 6.45) is 2.01. The van der Waals surface area contributed by atoms with E-state index < -0.39 is 6.10 Å². The van der Waals surface area contributed by atoms with Crippen molar-refractivity contribution in [3.63, 3.8) is 0 Å². The van der Waals surface area contributed by atoms with E-state index in [0.717, 1.165) is 43.1 Å². The van der Waals surface area contributed by atoms with E-state index in [1.54, 1.807) is 21.1 Å². The number of nitrogens with zero attached hydrogens (tertiary/aromatic N) is 1. The minimum atomic E-state index is -0.447. The van der Waals surface area contributed by atoms with Gasteiger partial charge in [0.2, 0.25) is 0 Å². The van der Waals surface area contributed by atoms with Crippen LogP contribution in [0.1, 0.15) is 37.0 Å². The van der Waals surface area contributed by atoms with E-state index in [0.29, 0.717) is 5.92 Å². The lowest BCUT2D eigenvalue weighted by molar-refractivity contribution is 0.0869. The summed E-state index contributed by atoms with van der Waals surface area (Å²) in [7, 11) is 3.47. The van der Waals surface area contributed by atoms with Crippen molar-refractivity contribution >= 4 is 0 Å². The van der Waals surface area contributed by atoms with Gasteiger partial charge in [0.1, 0.15) is 5.75 Å². The first-order valence-corrected chi connectivity index (χ1v) is 7.70. The Morgan fingerprint density at radius 2 is 2.19 bits per heavy atom. The van der Waals surface area contributed by atoms with Crippen LogP contribution in [0.4, 0.5) is 0 Å². The number of ether oxygens (including phenoxy) is 2. The molecule has 0 aliphatic carbocycles. The molecule has 4 nitrogen and oxygen atoms in total. The lowest BCUT2D eigenvalue weighted by atomic mass is 9.98. The fourth-order valence-corrected chi connectivity index (χ4v) is 3.09. The van der Waals surface area contributed by atoms with Crippen LogP contribution < -0.4 is 4.74 Å². The second-order valence-corrected chi connectivity index (χ2v) is 5.95. The number of rotatable bonds is 6. The Bertz CT molecular complexity index is 446. The third kappa shape index (κ3) is 4.43. The van der Waals surface area contributed by atoms with Crippen molar-refractivity contribution in [2.75, 3.05) is 33.9 Å². The number of hydrogen-bond donors (Lipinski definition) is 1. The highest BCUT2D eigenvalue weighted by molar-refractivity contribution is 5.38. The van der Waals surface area contributed by atoms with E-state index in [1.165, 1.54) is 12.8 Å². The molecule has 2 unspecified atom stereocenters. The molecule has 4 heteroatoms. The molecule has 0 amide bonds. The number of benzene rings is 1. The summed E-state index contributed by atoms with van der Waals surface area (Å²) in [6, 6.07) is 5.94. The third-order valence-electron chi connectivity index (χ3n) is 4.19. The minimum absolute atomic E-state index is 0.447. The topological polar surface area (TPSA) is 41.9 Å². The van der Waals surface area contributed by atoms with E-state index in [1.807, 2.05) is 12.1 Å². The molecule has 0 saturated carbocycles. The Morgan fingerprint density at radius 1 is 1.38 bits per heavy atom. The molecule has 118 valence electrons. The molecule has 0 radical (unpaired) electrons. The molecule has 1 N–H and O–H groups in total. The summed E-state index contributed by atoms with van der Waals surface area (Å²) in [5, 5.41) is 9.76. The van der Waals surface area contributed by atoms with Gasteiger partial charge in [-0.3, -0.25) is 4.90 Å². The zero-order chi connectivity index (χ0) is 15.2. The Kier molecular flexibility index (Phi) is 6.03. The first kappa shape index (κ1) is 16.3. The number of hydrogen-bond acceptors (Lipinski definition) is 4. The third-order valence-corrected chi connectivity index (χ3v) is 4.19. The van der Waals surface area contributed by atoms with E-state index in [4.69, 9.17) is 9.47 Å². The maximum Gasteiger partial charge on any atom is 0.123 e. The summed E-state index contributed by atoms with van der Waals surface area (Å²) in [5.41, 5.74) is 2.09. The standard InChI is InChI=1S/C17H27NO3/c1-13(19)15-6-7-17(21-3)16(9-15)11-18-8-4-5-14(10-18)12-20-2/h6-7,9,13-14,19H,4-5,8,10-12H2,1-3H3. The molecule has 1 aliphatic rings. The highest BCUT2D eigenvalue weighted by Crippen LogP contribution is 2.26. The Morgan fingerprint density at radius 3 is 2.86 bits per heavy atom. The monoisotopic (exact) mass is 293 g/mol. The van der Waals surface area contributed by atoms with Crippen molar-refractivity contribution in [2.45, 2.75) is 32.4 Å². The smallest absolute Gasteiger partial charge is 0.123 e. The van der Waals surface area contributed by atoms with Crippen molar-refractivity contribution in [1.82, 2.24) is 4.90 Å². The van der Waals surface area contributed by atoms with Gasteiger partial charge in [-0.2, -0.15) is 0 Å². The van der Waals surface area contributed by atoms with Gasteiger partial charge < -0.3 is 14.6 Å². The lowest BCUT2D eigenvalue weighted by Crippen LogP contribution is -2.36. The molecular weight excluding hydrogens is 266 g/mol. The van der Waals surface area contributed by atoms with Crippen LogP contribution in [0.25, 0.3) is 0 Å². The van der Waals surface area contributed by atoms with Crippen LogP contribution in [-0.2, 0) is 11.3 Å². The van der Waals surface area contributed by atoms with Crippen LogP contribution in [0.2, 0.25) is 0 Å². The average molecular weight is 293 g/mol. The molecule has 1 aliphatic heterocycles. The Balaban J connectivity index is 2.08. The van der Waals surface area contributed by atoms with Gasteiger partial charge in [-0.15, -0.1) is 0 Å². The number of aliphatic hydroxyl groups excluding tert-OH is 1. The number of likely N-dealkylation sites (tertiary alicyclic amines) is 1. The van der Waals surface area contributed by atoms with Gasteiger partial charge in [0.15, 0.2) is 0 Å². The summed E-state index contributed by atoms with van der Waals surface area (Å²) in [4.78, 5) is 2.46. The van der Waals surface area contributed by atoms with Crippen LogP contribution in [0, 0.1) is 5.92 Å². The quantitative estimate of drug-likeness (QED) is 0.875. The summed E-state index contributed by atoms with van der Waals surface area (Å²) < 4.78 is 10.8. The largest absolute Gasteiger partial charge is 0.496 e. The summed E-state index contributed by atoms with van der Waals surface area (Å²) >= 11 is 0. The second-order valence-electron chi connectivity index (χ2n) is 5.95. The molecule has 0 bridgehead atoms. The number of aliphatic hydroxyl groups is 1. The highest BCUT2D eigenvalue weighted by Gasteiger charge is 2.21. The zero-order valence-corrected chi connectivity index (χ0v) is 13.3. The SMILES string of the molecule is COCC1CCCN(Cc2cc(C(C)O)ccc2OC)C1. The first-order chi connectivity index (χ1) is 10.1. The molecular formula is C17H27NO3. The predicted molar refractivity (Wildman–Crippen MR) is 83.5 cm³/mol. The molecule has 2 rings (SSSR count). The fraction of sp³-hybridized carbons (Fsp3) is 0.647. The summed E-state index contributed by atoms with van der Waals surface area (Å²) in [5.74, 6) is 1.52. The molecule has 1 saturated heterocycles. The van der Waals surface area contributed by atoms with Crippen molar-refractivity contribution in [2.24, 2.45) is 5.92 Å². The van der Waals surface area contributed by atoms with Crippen molar-refractivity contribution in [1.29, 1.82) is 0 Å². The highest BCUT2D eigenvalue weighted by atomic mass is 16.5. The van der Waals surface area contributed by atoms with Crippen LogP contribution in [0.3, 0.4) is 0 Å². The zero-order valence-electron chi connectivity index (χ0n) is 13.3. The second kappa shape index (κ2) is 7.78. The molecule has 1 aromatic carbocycles. The van der Waals surface area contributed by atoms with Gasteiger partial charge in [0, 0.05) is 25.8 Å². The van der Waals surface area contributed by atoms with E-state index in [2.05, 4.69) is 11.0 Å². The van der Waals surface area contributed by atoms with Crippen molar-refractivity contribution < 1.29 is 14.6 Å².